The molecule has 1 atom stereocenters. The highest BCUT2D eigenvalue weighted by Gasteiger charge is 2.19. The normalized spacial score (nSPS) is 11.0. The number of esters is 1. The van der Waals surface area contributed by atoms with Crippen LogP contribution in [0.5, 0.6) is 0 Å². The molecule has 2 aromatic carbocycles. The summed E-state index contributed by atoms with van der Waals surface area (Å²) in [4.78, 5) is 39.5. The highest BCUT2D eigenvalue weighted by molar-refractivity contribution is 6.30. The SMILES string of the molecule is C.COC(=O)c1ccc([C@@H](C)NC(=O)c2cc(C(=O)O)n3nccc3n2)cc1.NCc1ccc(F)c(Cl)c1. The van der Waals surface area contributed by atoms with Crippen LogP contribution in [0.25, 0.3) is 5.65 Å². The van der Waals surface area contributed by atoms with Crippen LogP contribution in [0.15, 0.2) is 60.8 Å². The van der Waals surface area contributed by atoms with Crippen LogP contribution in [-0.4, -0.2) is 44.7 Å². The van der Waals surface area contributed by atoms with Gasteiger partial charge in [0.15, 0.2) is 11.3 Å². The number of hydrogen-bond donors (Lipinski definition) is 3. The molecule has 0 radical (unpaired) electrons. The fourth-order valence-corrected chi connectivity index (χ4v) is 3.43. The number of aromatic nitrogens is 3. The Labute approximate surface area is 223 Å². The molecule has 4 N–H and O–H groups in total. The fourth-order valence-electron chi connectivity index (χ4n) is 3.23. The number of carboxylic acid groups (broad SMARTS) is 1. The maximum absolute atomic E-state index is 12.5. The molecular formula is C26H27ClFN5O5. The van der Waals surface area contributed by atoms with Crippen molar-refractivity contribution in [3.05, 3.63) is 99.7 Å². The lowest BCUT2D eigenvalue weighted by Crippen LogP contribution is -2.28. The molecule has 0 bridgehead atoms. The van der Waals surface area contributed by atoms with Gasteiger partial charge in [-0.05, 0) is 42.3 Å². The number of carbonyl (C=O) groups is 3. The minimum atomic E-state index is -1.22. The van der Waals surface area contributed by atoms with Gasteiger partial charge in [0, 0.05) is 18.7 Å². The number of carboxylic acids is 1. The predicted octanol–water partition coefficient (Wildman–Crippen LogP) is 4.28. The van der Waals surface area contributed by atoms with Crippen LogP contribution in [0.1, 0.15) is 62.9 Å². The Kier molecular flexibility index (Phi) is 10.4. The number of nitrogens with one attached hydrogen (secondary N) is 1. The Bertz CT molecular complexity index is 1440. The van der Waals surface area contributed by atoms with E-state index in [2.05, 4.69) is 20.1 Å². The third-order valence-corrected chi connectivity index (χ3v) is 5.50. The van der Waals surface area contributed by atoms with Gasteiger partial charge in [0.05, 0.1) is 29.9 Å². The van der Waals surface area contributed by atoms with Crippen molar-refractivity contribution in [1.29, 1.82) is 0 Å². The van der Waals surface area contributed by atoms with E-state index in [-0.39, 0.29) is 35.5 Å². The second-order valence-corrected chi connectivity index (χ2v) is 8.10. The molecule has 0 aliphatic carbocycles. The molecule has 10 nitrogen and oxygen atoms in total. The van der Waals surface area contributed by atoms with E-state index in [1.165, 1.54) is 37.6 Å². The number of nitrogens with two attached hydrogens (primary N) is 1. The van der Waals surface area contributed by atoms with Gasteiger partial charge in [-0.2, -0.15) is 5.10 Å². The summed E-state index contributed by atoms with van der Waals surface area (Å²) in [6, 6.07) is 13.3. The van der Waals surface area contributed by atoms with E-state index >= 15 is 0 Å². The maximum Gasteiger partial charge on any atom is 0.354 e. The molecule has 0 unspecified atom stereocenters. The van der Waals surface area contributed by atoms with Gasteiger partial charge < -0.3 is 20.9 Å². The van der Waals surface area contributed by atoms with Gasteiger partial charge in [-0.1, -0.05) is 37.2 Å². The first kappa shape index (κ1) is 29.9. The van der Waals surface area contributed by atoms with Crippen molar-refractivity contribution >= 4 is 35.1 Å². The molecule has 1 amide bonds. The first-order valence-corrected chi connectivity index (χ1v) is 11.2. The molecular weight excluding hydrogens is 517 g/mol. The summed E-state index contributed by atoms with van der Waals surface area (Å²) in [6.45, 7) is 2.15. The van der Waals surface area contributed by atoms with Gasteiger partial charge in [-0.3, -0.25) is 4.79 Å². The van der Waals surface area contributed by atoms with Gasteiger partial charge in [-0.25, -0.2) is 23.5 Å². The van der Waals surface area contributed by atoms with Crippen molar-refractivity contribution < 1.29 is 28.6 Å². The standard InChI is InChI=1S/C18H16N4O5.C7H7ClFN.CH4/c1-10(11-3-5-12(6-4-11)18(26)27-2)20-16(23)13-9-14(17(24)25)22-15(21-13)7-8-19-22;8-6-3-5(4-10)1-2-7(6)9;/h3-10H,1-2H3,(H,20,23)(H,24,25);1-3H,4,10H2;1H4/t10-;;/m1../s1. The summed E-state index contributed by atoms with van der Waals surface area (Å²) in [5.74, 6) is -2.59. The molecule has 4 aromatic rings. The average molecular weight is 544 g/mol. The number of halogens is 2. The molecule has 2 aromatic heterocycles. The van der Waals surface area contributed by atoms with Crippen LogP contribution in [-0.2, 0) is 11.3 Å². The monoisotopic (exact) mass is 543 g/mol. The lowest BCUT2D eigenvalue weighted by atomic mass is 10.1. The zero-order valence-corrected chi connectivity index (χ0v) is 20.6. The average Bonchev–Trinajstić information content (AvgIpc) is 3.38. The van der Waals surface area contributed by atoms with Crippen molar-refractivity contribution in [3.63, 3.8) is 0 Å². The number of nitrogens with zero attached hydrogens (tertiary/aromatic N) is 3. The topological polar surface area (TPSA) is 149 Å². The first-order chi connectivity index (χ1) is 17.6. The number of carbonyl (C=O) groups excluding carboxylic acids is 2. The highest BCUT2D eigenvalue weighted by atomic mass is 35.5. The highest BCUT2D eigenvalue weighted by Crippen LogP contribution is 2.16. The lowest BCUT2D eigenvalue weighted by molar-refractivity contribution is 0.0599. The summed E-state index contributed by atoms with van der Waals surface area (Å²) < 4.78 is 18.3. The van der Waals surface area contributed by atoms with Gasteiger partial charge in [0.1, 0.15) is 11.5 Å². The summed E-state index contributed by atoms with van der Waals surface area (Å²) in [7, 11) is 1.30. The minimum Gasteiger partial charge on any atom is -0.477 e. The summed E-state index contributed by atoms with van der Waals surface area (Å²) in [5, 5.41) is 16.1. The Morgan fingerprint density at radius 2 is 1.84 bits per heavy atom. The molecule has 0 saturated heterocycles. The van der Waals surface area contributed by atoms with Gasteiger partial charge in [0.2, 0.25) is 0 Å². The Hall–Kier alpha value is -4.35. The number of hydrogen-bond acceptors (Lipinski definition) is 7. The molecule has 4 rings (SSSR count). The number of fused-ring (bicyclic) bond motifs is 1. The van der Waals surface area contributed by atoms with Crippen LogP contribution >= 0.6 is 11.6 Å². The van der Waals surface area contributed by atoms with Crippen LogP contribution in [0.4, 0.5) is 4.39 Å². The number of ether oxygens (including phenoxy) is 1. The van der Waals surface area contributed by atoms with E-state index in [0.29, 0.717) is 12.1 Å². The van der Waals surface area contributed by atoms with E-state index in [4.69, 9.17) is 17.3 Å². The zero-order chi connectivity index (χ0) is 27.1. The zero-order valence-electron chi connectivity index (χ0n) is 19.8. The molecule has 0 saturated carbocycles. The molecule has 0 spiro atoms. The minimum absolute atomic E-state index is 0. The van der Waals surface area contributed by atoms with Crippen molar-refractivity contribution in [3.8, 4) is 0 Å². The lowest BCUT2D eigenvalue weighted by Gasteiger charge is -2.15. The molecule has 200 valence electrons. The molecule has 2 heterocycles. The van der Waals surface area contributed by atoms with Crippen LogP contribution < -0.4 is 11.1 Å². The molecule has 0 aliphatic heterocycles. The number of benzene rings is 2. The van der Waals surface area contributed by atoms with Crippen molar-refractivity contribution in [2.24, 2.45) is 5.73 Å². The predicted molar refractivity (Wildman–Crippen MR) is 140 cm³/mol. The van der Waals surface area contributed by atoms with Gasteiger partial charge in [-0.15, -0.1) is 0 Å². The second-order valence-electron chi connectivity index (χ2n) is 7.69. The Balaban J connectivity index is 0.000000389. The molecule has 0 aliphatic rings. The van der Waals surface area contributed by atoms with Crippen molar-refractivity contribution in [2.75, 3.05) is 7.11 Å². The van der Waals surface area contributed by atoms with Gasteiger partial charge >= 0.3 is 11.9 Å². The largest absolute Gasteiger partial charge is 0.477 e. The Morgan fingerprint density at radius 3 is 2.42 bits per heavy atom. The summed E-state index contributed by atoms with van der Waals surface area (Å²) >= 11 is 5.46. The van der Waals surface area contributed by atoms with Gasteiger partial charge in [0.25, 0.3) is 5.91 Å². The van der Waals surface area contributed by atoms with E-state index < -0.39 is 23.7 Å². The molecule has 0 fully saturated rings. The van der Waals surface area contributed by atoms with E-state index in [1.54, 1.807) is 37.3 Å². The second kappa shape index (κ2) is 13.3. The van der Waals surface area contributed by atoms with E-state index in [1.807, 2.05) is 0 Å². The number of aromatic carboxylic acids is 1. The third kappa shape index (κ3) is 7.11. The van der Waals surface area contributed by atoms with E-state index in [9.17, 15) is 23.9 Å². The summed E-state index contributed by atoms with van der Waals surface area (Å²) in [5.41, 5.74) is 7.36. The quantitative estimate of drug-likeness (QED) is 0.305. The molecule has 12 heteroatoms. The van der Waals surface area contributed by atoms with Crippen LogP contribution in [0.2, 0.25) is 5.02 Å². The first-order valence-electron chi connectivity index (χ1n) is 10.9. The molecule has 38 heavy (non-hydrogen) atoms. The number of methoxy groups -OCH3 is 1. The summed E-state index contributed by atoms with van der Waals surface area (Å²) in [6.07, 6.45) is 1.40. The smallest absolute Gasteiger partial charge is 0.354 e. The third-order valence-electron chi connectivity index (χ3n) is 5.21. The number of rotatable bonds is 6. The van der Waals surface area contributed by atoms with Crippen molar-refractivity contribution in [2.45, 2.75) is 26.9 Å². The van der Waals surface area contributed by atoms with E-state index in [0.717, 1.165) is 15.6 Å². The number of amides is 1. The fraction of sp³-hybridized carbons (Fsp3) is 0.192. The Morgan fingerprint density at radius 1 is 1.16 bits per heavy atom. The van der Waals surface area contributed by atoms with Crippen molar-refractivity contribution in [1.82, 2.24) is 19.9 Å². The van der Waals surface area contributed by atoms with Crippen LogP contribution in [0, 0.1) is 5.82 Å². The maximum atomic E-state index is 12.5. The van der Waals surface area contributed by atoms with Crippen LogP contribution in [0.3, 0.4) is 0 Å².